The van der Waals surface area contributed by atoms with E-state index in [0.717, 1.165) is 0 Å². The lowest BCUT2D eigenvalue weighted by Crippen LogP contribution is -2.44. The number of rotatable bonds is 3. The summed E-state index contributed by atoms with van der Waals surface area (Å²) in [6.07, 6.45) is 0. The molecule has 0 heterocycles. The Morgan fingerprint density at radius 1 is 1.26 bits per heavy atom. The maximum Gasteiger partial charge on any atom is 0.340 e. The van der Waals surface area contributed by atoms with E-state index >= 15 is 0 Å². The van der Waals surface area contributed by atoms with E-state index < -0.39 is 14.3 Å². The third kappa shape index (κ3) is 3.29. The second-order valence-electron chi connectivity index (χ2n) is 6.07. The molecule has 1 aromatic carbocycles. The van der Waals surface area contributed by atoms with Gasteiger partial charge in [-0.2, -0.15) is 0 Å². The highest BCUT2D eigenvalue weighted by Crippen LogP contribution is 2.39. The standard InChI is InChI=1S/C14H23NO3Si/c1-14(2,3)19(5,6)18-11-9-7-8-10(12(11)15)13(16)17-4/h7-9H,15H2,1-6H3. The minimum atomic E-state index is -1.98. The second kappa shape index (κ2) is 5.25. The van der Waals surface area contributed by atoms with Crippen molar-refractivity contribution in [2.24, 2.45) is 0 Å². The molecule has 0 bridgehead atoms. The number of esters is 1. The average molecular weight is 281 g/mol. The molecule has 0 saturated heterocycles. The smallest absolute Gasteiger partial charge is 0.340 e. The molecule has 1 rings (SSSR count). The predicted molar refractivity (Wildman–Crippen MR) is 80.0 cm³/mol. The lowest BCUT2D eigenvalue weighted by atomic mass is 10.2. The predicted octanol–water partition coefficient (Wildman–Crippen LogP) is 3.44. The van der Waals surface area contributed by atoms with Crippen LogP contribution in [-0.2, 0) is 4.74 Å². The molecule has 0 aliphatic rings. The Kier molecular flexibility index (Phi) is 4.30. The third-order valence-corrected chi connectivity index (χ3v) is 7.99. The van der Waals surface area contributed by atoms with E-state index in [9.17, 15) is 4.79 Å². The number of methoxy groups -OCH3 is 1. The lowest BCUT2D eigenvalue weighted by Gasteiger charge is -2.36. The highest BCUT2D eigenvalue weighted by molar-refractivity contribution is 6.74. The number of hydrogen-bond donors (Lipinski definition) is 1. The first-order valence-electron chi connectivity index (χ1n) is 6.26. The summed E-state index contributed by atoms with van der Waals surface area (Å²) in [7, 11) is -0.641. The van der Waals surface area contributed by atoms with E-state index in [2.05, 4.69) is 33.9 Å². The van der Waals surface area contributed by atoms with Crippen molar-refractivity contribution in [3.63, 3.8) is 0 Å². The van der Waals surface area contributed by atoms with Crippen molar-refractivity contribution in [2.45, 2.75) is 38.9 Å². The summed E-state index contributed by atoms with van der Waals surface area (Å²) in [5.74, 6) is 0.118. The van der Waals surface area contributed by atoms with Gasteiger partial charge in [0.25, 0.3) is 8.32 Å². The molecule has 0 aliphatic heterocycles. The highest BCUT2D eigenvalue weighted by Gasteiger charge is 2.39. The fourth-order valence-electron chi connectivity index (χ4n) is 1.35. The van der Waals surface area contributed by atoms with Crippen LogP contribution >= 0.6 is 0 Å². The normalized spacial score (nSPS) is 12.1. The molecule has 0 fully saturated rings. The number of benzene rings is 1. The Bertz CT molecular complexity index is 478. The van der Waals surface area contributed by atoms with Gasteiger partial charge in [0.15, 0.2) is 0 Å². The maximum absolute atomic E-state index is 11.6. The molecular formula is C14H23NO3Si. The summed E-state index contributed by atoms with van der Waals surface area (Å²) in [6, 6.07) is 5.19. The van der Waals surface area contributed by atoms with Crippen LogP contribution in [0.15, 0.2) is 18.2 Å². The Morgan fingerprint density at radius 2 is 1.84 bits per heavy atom. The number of carbonyl (C=O) groups excluding carboxylic acids is 1. The number of para-hydroxylation sites is 1. The Labute approximate surface area is 116 Å². The largest absolute Gasteiger partial charge is 0.542 e. The van der Waals surface area contributed by atoms with E-state index in [1.807, 2.05) is 0 Å². The van der Waals surface area contributed by atoms with Crippen LogP contribution in [0.25, 0.3) is 0 Å². The molecule has 0 atom stereocenters. The minimum absolute atomic E-state index is 0.0701. The number of hydrogen-bond acceptors (Lipinski definition) is 4. The van der Waals surface area contributed by atoms with Gasteiger partial charge >= 0.3 is 5.97 Å². The van der Waals surface area contributed by atoms with E-state index in [-0.39, 0.29) is 5.04 Å². The molecule has 2 N–H and O–H groups in total. The van der Waals surface area contributed by atoms with Crippen molar-refractivity contribution < 1.29 is 14.0 Å². The first-order chi connectivity index (χ1) is 8.60. The zero-order chi connectivity index (χ0) is 14.8. The van der Waals surface area contributed by atoms with Gasteiger partial charge in [0.05, 0.1) is 18.4 Å². The molecule has 0 radical (unpaired) electrons. The van der Waals surface area contributed by atoms with Crippen molar-refractivity contribution in [3.05, 3.63) is 23.8 Å². The van der Waals surface area contributed by atoms with Gasteiger partial charge in [-0.25, -0.2) is 4.79 Å². The summed E-state index contributed by atoms with van der Waals surface area (Å²) in [6.45, 7) is 10.7. The van der Waals surface area contributed by atoms with Crippen molar-refractivity contribution >= 4 is 20.0 Å². The first kappa shape index (κ1) is 15.6. The fraction of sp³-hybridized carbons (Fsp3) is 0.500. The SMILES string of the molecule is COC(=O)c1cccc(O[Si](C)(C)C(C)(C)C)c1N. The van der Waals surface area contributed by atoms with Crippen LogP contribution in [0.1, 0.15) is 31.1 Å². The molecule has 19 heavy (non-hydrogen) atoms. The van der Waals surface area contributed by atoms with E-state index in [0.29, 0.717) is 17.0 Å². The first-order valence-corrected chi connectivity index (χ1v) is 9.17. The molecule has 4 nitrogen and oxygen atoms in total. The molecule has 0 spiro atoms. The van der Waals surface area contributed by atoms with Crippen LogP contribution in [-0.4, -0.2) is 21.4 Å². The van der Waals surface area contributed by atoms with Gasteiger partial charge in [0, 0.05) is 0 Å². The molecule has 0 saturated carbocycles. The minimum Gasteiger partial charge on any atom is -0.542 e. The molecule has 0 aromatic heterocycles. The monoisotopic (exact) mass is 281 g/mol. The molecule has 0 unspecified atom stereocenters. The Hall–Kier alpha value is -1.49. The van der Waals surface area contributed by atoms with Crippen LogP contribution in [0, 0.1) is 0 Å². The molecule has 5 heteroatoms. The average Bonchev–Trinajstić information content (AvgIpc) is 2.29. The summed E-state index contributed by atoms with van der Waals surface area (Å²) in [4.78, 5) is 11.6. The van der Waals surface area contributed by atoms with Gasteiger partial charge < -0.3 is 14.9 Å². The summed E-state index contributed by atoms with van der Waals surface area (Å²) >= 11 is 0. The van der Waals surface area contributed by atoms with E-state index in [4.69, 9.17) is 14.9 Å². The van der Waals surface area contributed by atoms with Gasteiger partial charge in [0.2, 0.25) is 0 Å². The van der Waals surface area contributed by atoms with Crippen molar-refractivity contribution in [1.82, 2.24) is 0 Å². The zero-order valence-corrected chi connectivity index (χ0v) is 13.5. The summed E-state index contributed by atoms with van der Waals surface area (Å²) in [5.41, 5.74) is 6.70. The molecule has 0 amide bonds. The summed E-state index contributed by atoms with van der Waals surface area (Å²) in [5, 5.41) is 0.0701. The van der Waals surface area contributed by atoms with Gasteiger partial charge in [-0.15, -0.1) is 0 Å². The number of anilines is 1. The quantitative estimate of drug-likeness (QED) is 0.524. The molecule has 1 aromatic rings. The Morgan fingerprint density at radius 3 is 2.32 bits per heavy atom. The van der Waals surface area contributed by atoms with Crippen molar-refractivity contribution in [2.75, 3.05) is 12.8 Å². The molecule has 106 valence electrons. The highest BCUT2D eigenvalue weighted by atomic mass is 28.4. The summed E-state index contributed by atoms with van der Waals surface area (Å²) < 4.78 is 10.8. The van der Waals surface area contributed by atoms with Crippen LogP contribution in [0.4, 0.5) is 5.69 Å². The fourth-order valence-corrected chi connectivity index (χ4v) is 2.38. The van der Waals surface area contributed by atoms with Crippen LogP contribution in [0.5, 0.6) is 5.75 Å². The Balaban J connectivity index is 3.14. The lowest BCUT2D eigenvalue weighted by molar-refractivity contribution is 0.0601. The van der Waals surface area contributed by atoms with Gasteiger partial charge in [-0.3, -0.25) is 0 Å². The molecular weight excluding hydrogens is 258 g/mol. The third-order valence-electron chi connectivity index (χ3n) is 3.64. The van der Waals surface area contributed by atoms with Crippen molar-refractivity contribution in [1.29, 1.82) is 0 Å². The molecule has 0 aliphatic carbocycles. The van der Waals surface area contributed by atoms with Crippen LogP contribution < -0.4 is 10.2 Å². The van der Waals surface area contributed by atoms with E-state index in [1.165, 1.54) is 7.11 Å². The zero-order valence-electron chi connectivity index (χ0n) is 12.5. The van der Waals surface area contributed by atoms with E-state index in [1.54, 1.807) is 18.2 Å². The number of nitrogen functional groups attached to an aromatic ring is 1. The topological polar surface area (TPSA) is 61.5 Å². The van der Waals surface area contributed by atoms with Gasteiger partial charge in [-0.05, 0) is 30.3 Å². The van der Waals surface area contributed by atoms with Crippen molar-refractivity contribution in [3.8, 4) is 5.75 Å². The second-order valence-corrected chi connectivity index (χ2v) is 10.8. The number of carbonyl (C=O) groups is 1. The van der Waals surface area contributed by atoms with Gasteiger partial charge in [-0.1, -0.05) is 26.8 Å². The maximum atomic E-state index is 11.6. The van der Waals surface area contributed by atoms with Gasteiger partial charge in [0.1, 0.15) is 5.75 Å². The van der Waals surface area contributed by atoms with Crippen LogP contribution in [0.3, 0.4) is 0 Å². The van der Waals surface area contributed by atoms with Crippen LogP contribution in [0.2, 0.25) is 18.1 Å². The number of ether oxygens (including phenoxy) is 1. The number of nitrogens with two attached hydrogens (primary N) is 1.